The Labute approximate surface area is 129 Å². The van der Waals surface area contributed by atoms with Gasteiger partial charge < -0.3 is 9.73 Å². The van der Waals surface area contributed by atoms with Gasteiger partial charge >= 0.3 is 0 Å². The number of anilines is 1. The van der Waals surface area contributed by atoms with Gasteiger partial charge in [0, 0.05) is 11.3 Å². The van der Waals surface area contributed by atoms with Crippen LogP contribution in [-0.4, -0.2) is 15.9 Å². The molecule has 5 nitrogen and oxygen atoms in total. The third-order valence-corrected chi connectivity index (χ3v) is 4.30. The molecular weight excluding hydrogens is 298 g/mol. The van der Waals surface area contributed by atoms with Crippen LogP contribution in [0.4, 0.5) is 5.69 Å². The number of thiazole rings is 1. The van der Waals surface area contributed by atoms with Crippen molar-refractivity contribution in [1.29, 1.82) is 0 Å². The van der Waals surface area contributed by atoms with E-state index in [1.807, 2.05) is 25.1 Å². The van der Waals surface area contributed by atoms with E-state index in [0.717, 1.165) is 20.9 Å². The minimum absolute atomic E-state index is 0.184. The summed E-state index contributed by atoms with van der Waals surface area (Å²) in [4.78, 5) is 20.8. The molecule has 0 aliphatic carbocycles. The average molecular weight is 309 g/mol. The number of aryl methyl sites for hydroxylation is 1. The first-order chi connectivity index (χ1) is 10.7. The van der Waals surface area contributed by atoms with Crippen molar-refractivity contribution in [2.24, 2.45) is 0 Å². The first-order valence-corrected chi connectivity index (χ1v) is 7.52. The molecule has 4 rings (SSSR count). The number of rotatable bonds is 2. The van der Waals surface area contributed by atoms with Crippen molar-refractivity contribution in [3.05, 3.63) is 53.4 Å². The number of carbonyl (C=O) groups is 1. The molecule has 2 aromatic heterocycles. The molecule has 2 aromatic carbocycles. The SMILES string of the molecule is Cc1nc2cc(NC(=O)c3ccc4ocnc4c3)ccc2s1. The third-order valence-electron chi connectivity index (χ3n) is 3.34. The minimum Gasteiger partial charge on any atom is -0.443 e. The molecule has 0 aliphatic heterocycles. The Bertz CT molecular complexity index is 1000. The smallest absolute Gasteiger partial charge is 0.255 e. The molecule has 0 spiro atoms. The molecule has 1 N–H and O–H groups in total. The molecule has 0 saturated heterocycles. The van der Waals surface area contributed by atoms with Crippen molar-refractivity contribution in [1.82, 2.24) is 9.97 Å². The molecule has 6 heteroatoms. The summed E-state index contributed by atoms with van der Waals surface area (Å²) in [5.74, 6) is -0.184. The molecule has 108 valence electrons. The van der Waals surface area contributed by atoms with Gasteiger partial charge in [-0.1, -0.05) is 0 Å². The van der Waals surface area contributed by atoms with Crippen LogP contribution in [0, 0.1) is 6.92 Å². The highest BCUT2D eigenvalue weighted by Gasteiger charge is 2.10. The van der Waals surface area contributed by atoms with Gasteiger partial charge in [-0.3, -0.25) is 4.79 Å². The lowest BCUT2D eigenvalue weighted by Gasteiger charge is -2.05. The minimum atomic E-state index is -0.184. The standard InChI is InChI=1S/C16H11N3O2S/c1-9-18-13-7-11(3-5-15(13)22-9)19-16(20)10-2-4-14-12(6-10)17-8-21-14/h2-8H,1H3,(H,19,20). The predicted octanol–water partition coefficient (Wildman–Crippen LogP) is 4.00. The second-order valence-electron chi connectivity index (χ2n) is 4.90. The summed E-state index contributed by atoms with van der Waals surface area (Å²) in [6, 6.07) is 10.9. The maximum atomic E-state index is 12.3. The monoisotopic (exact) mass is 309 g/mol. The van der Waals surface area contributed by atoms with E-state index in [1.165, 1.54) is 6.39 Å². The van der Waals surface area contributed by atoms with Gasteiger partial charge in [-0.15, -0.1) is 11.3 Å². The second-order valence-corrected chi connectivity index (χ2v) is 6.14. The fourth-order valence-corrected chi connectivity index (χ4v) is 3.13. The number of nitrogens with one attached hydrogen (secondary N) is 1. The zero-order valence-corrected chi connectivity index (χ0v) is 12.5. The van der Waals surface area contributed by atoms with E-state index in [9.17, 15) is 4.79 Å². The Kier molecular flexibility index (Phi) is 2.90. The number of benzene rings is 2. The zero-order valence-electron chi connectivity index (χ0n) is 11.7. The van der Waals surface area contributed by atoms with Crippen LogP contribution >= 0.6 is 11.3 Å². The lowest BCUT2D eigenvalue weighted by Crippen LogP contribution is -2.11. The van der Waals surface area contributed by atoms with Gasteiger partial charge in [-0.25, -0.2) is 9.97 Å². The lowest BCUT2D eigenvalue weighted by atomic mass is 10.2. The molecule has 4 aromatic rings. The number of nitrogens with zero attached hydrogens (tertiary/aromatic N) is 2. The van der Waals surface area contributed by atoms with Crippen molar-refractivity contribution in [3.8, 4) is 0 Å². The van der Waals surface area contributed by atoms with Crippen molar-refractivity contribution >= 4 is 44.2 Å². The molecule has 0 aliphatic rings. The molecule has 0 saturated carbocycles. The van der Waals surface area contributed by atoms with Gasteiger partial charge in [0.15, 0.2) is 12.0 Å². The van der Waals surface area contributed by atoms with E-state index in [0.29, 0.717) is 16.7 Å². The number of fused-ring (bicyclic) bond motifs is 2. The number of hydrogen-bond acceptors (Lipinski definition) is 5. The largest absolute Gasteiger partial charge is 0.443 e. The van der Waals surface area contributed by atoms with Crippen LogP contribution in [0.3, 0.4) is 0 Å². The molecule has 0 unspecified atom stereocenters. The van der Waals surface area contributed by atoms with Crippen LogP contribution in [0.2, 0.25) is 0 Å². The van der Waals surface area contributed by atoms with Crippen molar-refractivity contribution in [2.45, 2.75) is 6.92 Å². The third kappa shape index (κ3) is 2.23. The van der Waals surface area contributed by atoms with Gasteiger partial charge in [0.25, 0.3) is 5.91 Å². The molecule has 22 heavy (non-hydrogen) atoms. The quantitative estimate of drug-likeness (QED) is 0.607. The average Bonchev–Trinajstić information content (AvgIpc) is 3.10. The van der Waals surface area contributed by atoms with E-state index in [1.54, 1.807) is 29.5 Å². The maximum Gasteiger partial charge on any atom is 0.255 e. The predicted molar refractivity (Wildman–Crippen MR) is 86.3 cm³/mol. The Balaban J connectivity index is 1.64. The number of aromatic nitrogens is 2. The van der Waals surface area contributed by atoms with Crippen LogP contribution in [0.5, 0.6) is 0 Å². The zero-order chi connectivity index (χ0) is 15.1. The summed E-state index contributed by atoms with van der Waals surface area (Å²) in [6.07, 6.45) is 1.37. The Hall–Kier alpha value is -2.73. The molecule has 2 heterocycles. The van der Waals surface area contributed by atoms with Gasteiger partial charge in [-0.2, -0.15) is 0 Å². The van der Waals surface area contributed by atoms with E-state index < -0.39 is 0 Å². The van der Waals surface area contributed by atoms with E-state index >= 15 is 0 Å². The van der Waals surface area contributed by atoms with Crippen LogP contribution in [-0.2, 0) is 0 Å². The van der Waals surface area contributed by atoms with E-state index in [2.05, 4.69) is 15.3 Å². The summed E-state index contributed by atoms with van der Waals surface area (Å²) in [6.45, 7) is 1.97. The summed E-state index contributed by atoms with van der Waals surface area (Å²) in [5, 5.41) is 3.89. The maximum absolute atomic E-state index is 12.3. The van der Waals surface area contributed by atoms with E-state index in [4.69, 9.17) is 4.42 Å². The van der Waals surface area contributed by atoms with Crippen molar-refractivity contribution < 1.29 is 9.21 Å². The summed E-state index contributed by atoms with van der Waals surface area (Å²) >= 11 is 1.64. The number of amides is 1. The first kappa shape index (κ1) is 13.0. The van der Waals surface area contributed by atoms with Crippen molar-refractivity contribution in [3.63, 3.8) is 0 Å². The lowest BCUT2D eigenvalue weighted by molar-refractivity contribution is 0.102. The normalized spacial score (nSPS) is 11.1. The van der Waals surface area contributed by atoms with Crippen LogP contribution < -0.4 is 5.32 Å². The molecule has 0 radical (unpaired) electrons. The van der Waals surface area contributed by atoms with Gasteiger partial charge in [0.05, 0.1) is 15.2 Å². The fraction of sp³-hybridized carbons (Fsp3) is 0.0625. The molecule has 0 atom stereocenters. The van der Waals surface area contributed by atoms with Crippen molar-refractivity contribution in [2.75, 3.05) is 5.32 Å². The van der Waals surface area contributed by atoms with Gasteiger partial charge in [0.1, 0.15) is 5.52 Å². The van der Waals surface area contributed by atoms with Crippen LogP contribution in [0.25, 0.3) is 21.3 Å². The summed E-state index contributed by atoms with van der Waals surface area (Å²) in [5.41, 5.74) is 3.49. The Morgan fingerprint density at radius 2 is 2.09 bits per heavy atom. The summed E-state index contributed by atoms with van der Waals surface area (Å²) < 4.78 is 6.28. The molecular formula is C16H11N3O2S. The molecule has 0 fully saturated rings. The second kappa shape index (κ2) is 4.92. The number of hydrogen-bond donors (Lipinski definition) is 1. The number of oxazole rings is 1. The topological polar surface area (TPSA) is 68.0 Å². The highest BCUT2D eigenvalue weighted by Crippen LogP contribution is 2.25. The van der Waals surface area contributed by atoms with Crippen LogP contribution in [0.1, 0.15) is 15.4 Å². The molecule has 0 bridgehead atoms. The summed E-state index contributed by atoms with van der Waals surface area (Å²) in [7, 11) is 0. The fourth-order valence-electron chi connectivity index (χ4n) is 2.32. The molecule has 1 amide bonds. The van der Waals surface area contributed by atoms with Gasteiger partial charge in [0.2, 0.25) is 0 Å². The van der Waals surface area contributed by atoms with E-state index in [-0.39, 0.29) is 5.91 Å². The first-order valence-electron chi connectivity index (χ1n) is 6.71. The van der Waals surface area contributed by atoms with Crippen LogP contribution in [0.15, 0.2) is 47.2 Å². The number of carbonyl (C=O) groups excluding carboxylic acids is 1. The van der Waals surface area contributed by atoms with Gasteiger partial charge in [-0.05, 0) is 43.3 Å². The highest BCUT2D eigenvalue weighted by atomic mass is 32.1. The highest BCUT2D eigenvalue weighted by molar-refractivity contribution is 7.18. The Morgan fingerprint density at radius 3 is 3.00 bits per heavy atom. The Morgan fingerprint density at radius 1 is 1.18 bits per heavy atom.